The summed E-state index contributed by atoms with van der Waals surface area (Å²) in [4.78, 5) is 24.6. The minimum absolute atomic E-state index is 0.207. The topological polar surface area (TPSA) is 92.8 Å². The fraction of sp³-hybridized carbons (Fsp3) is 0.182. The molecule has 0 saturated heterocycles. The van der Waals surface area contributed by atoms with Crippen LogP contribution in [-0.2, 0) is 19.6 Å². The van der Waals surface area contributed by atoms with Gasteiger partial charge in [-0.25, -0.2) is 13.2 Å². The van der Waals surface area contributed by atoms with Crippen molar-refractivity contribution in [2.45, 2.75) is 18.2 Å². The van der Waals surface area contributed by atoms with Gasteiger partial charge in [0.05, 0.1) is 22.8 Å². The molecule has 1 aliphatic heterocycles. The summed E-state index contributed by atoms with van der Waals surface area (Å²) in [5.74, 6) is -0.909. The molecule has 1 amide bonds. The van der Waals surface area contributed by atoms with Crippen LogP contribution in [0.5, 0.6) is 0 Å². The zero-order valence-electron chi connectivity index (χ0n) is 16.3. The molecule has 0 saturated carbocycles. The largest absolute Gasteiger partial charge is 0.462 e. The maximum atomic E-state index is 13.0. The predicted molar refractivity (Wildman–Crippen MR) is 114 cm³/mol. The van der Waals surface area contributed by atoms with Crippen molar-refractivity contribution < 1.29 is 22.7 Å². The second kappa shape index (κ2) is 7.79. The predicted octanol–water partition coefficient (Wildman–Crippen LogP) is 3.55. The highest BCUT2D eigenvalue weighted by molar-refractivity contribution is 7.93. The molecule has 4 rings (SSSR count). The second-order valence-electron chi connectivity index (χ2n) is 6.90. The summed E-state index contributed by atoms with van der Waals surface area (Å²) in [7, 11) is -3.80. The summed E-state index contributed by atoms with van der Waals surface area (Å²) in [6.45, 7) is 1.90. The van der Waals surface area contributed by atoms with Crippen LogP contribution in [0.1, 0.15) is 23.7 Å². The van der Waals surface area contributed by atoms with Gasteiger partial charge in [-0.05, 0) is 48.2 Å². The van der Waals surface area contributed by atoms with Crippen LogP contribution in [0.15, 0.2) is 65.6 Å². The molecule has 3 aromatic carbocycles. The van der Waals surface area contributed by atoms with E-state index in [0.29, 0.717) is 28.9 Å². The number of sulfonamides is 1. The Labute approximate surface area is 174 Å². The molecule has 0 atom stereocenters. The molecule has 8 heteroatoms. The lowest BCUT2D eigenvalue weighted by atomic mass is 10.1. The molecular formula is C22H20N2O5S. The smallest absolute Gasteiger partial charge is 0.338 e. The standard InChI is InChI=1S/C22H20N2O5S/c1-2-13-29-22(26)16-9-11-17(12-10-16)23-20(25)14-24-18-7-3-5-15-6-4-8-19(21(15)18)30(24,27)28/h3-12H,2,13-14H2,1H3,(H,23,25). The number of hydrogen-bond acceptors (Lipinski definition) is 5. The van der Waals surface area contributed by atoms with Gasteiger partial charge in [0.15, 0.2) is 0 Å². The average Bonchev–Trinajstić information content (AvgIpc) is 2.96. The number of benzene rings is 3. The lowest BCUT2D eigenvalue weighted by molar-refractivity contribution is -0.114. The van der Waals surface area contributed by atoms with E-state index in [0.717, 1.165) is 16.1 Å². The van der Waals surface area contributed by atoms with E-state index < -0.39 is 21.9 Å². The van der Waals surface area contributed by atoms with Gasteiger partial charge in [0.1, 0.15) is 6.54 Å². The minimum Gasteiger partial charge on any atom is -0.462 e. The number of hydrogen-bond donors (Lipinski definition) is 1. The number of carbonyl (C=O) groups excluding carboxylic acids is 2. The van der Waals surface area contributed by atoms with Gasteiger partial charge in [0.2, 0.25) is 5.91 Å². The molecule has 0 aromatic heterocycles. The summed E-state index contributed by atoms with van der Waals surface area (Å²) in [5.41, 5.74) is 1.33. The van der Waals surface area contributed by atoms with Gasteiger partial charge in [-0.3, -0.25) is 9.10 Å². The molecule has 1 N–H and O–H groups in total. The van der Waals surface area contributed by atoms with Gasteiger partial charge >= 0.3 is 5.97 Å². The molecule has 7 nitrogen and oxygen atoms in total. The zero-order chi connectivity index (χ0) is 21.3. The van der Waals surface area contributed by atoms with E-state index in [1.165, 1.54) is 0 Å². The number of nitrogens with one attached hydrogen (secondary N) is 1. The van der Waals surface area contributed by atoms with Gasteiger partial charge in [0, 0.05) is 11.1 Å². The van der Waals surface area contributed by atoms with E-state index in [1.807, 2.05) is 19.1 Å². The minimum atomic E-state index is -3.80. The summed E-state index contributed by atoms with van der Waals surface area (Å²) >= 11 is 0. The molecule has 0 unspecified atom stereocenters. The summed E-state index contributed by atoms with van der Waals surface area (Å²) < 4.78 is 32.1. The molecule has 30 heavy (non-hydrogen) atoms. The third-order valence-corrected chi connectivity index (χ3v) is 6.61. The van der Waals surface area contributed by atoms with E-state index in [9.17, 15) is 18.0 Å². The Balaban J connectivity index is 1.50. The quantitative estimate of drug-likeness (QED) is 0.611. The van der Waals surface area contributed by atoms with Gasteiger partial charge < -0.3 is 10.1 Å². The highest BCUT2D eigenvalue weighted by atomic mass is 32.2. The van der Waals surface area contributed by atoms with Crippen LogP contribution in [-0.4, -0.2) is 33.4 Å². The van der Waals surface area contributed by atoms with Gasteiger partial charge in [-0.2, -0.15) is 0 Å². The van der Waals surface area contributed by atoms with Crippen LogP contribution in [0.3, 0.4) is 0 Å². The number of esters is 1. The van der Waals surface area contributed by atoms with Crippen molar-refractivity contribution in [2.24, 2.45) is 0 Å². The molecule has 0 fully saturated rings. The van der Waals surface area contributed by atoms with Crippen LogP contribution in [0.25, 0.3) is 10.8 Å². The molecule has 3 aromatic rings. The number of nitrogens with zero attached hydrogens (tertiary/aromatic N) is 1. The molecule has 0 bridgehead atoms. The third-order valence-electron chi connectivity index (χ3n) is 4.81. The maximum absolute atomic E-state index is 13.0. The molecule has 154 valence electrons. The first kappa shape index (κ1) is 19.9. The Hall–Kier alpha value is -3.39. The van der Waals surface area contributed by atoms with Crippen molar-refractivity contribution in [3.8, 4) is 0 Å². The number of ether oxygens (including phenoxy) is 1. The normalized spacial score (nSPS) is 14.0. The van der Waals surface area contributed by atoms with Gasteiger partial charge in [-0.1, -0.05) is 31.2 Å². The second-order valence-corrected chi connectivity index (χ2v) is 8.74. The number of rotatable bonds is 6. The summed E-state index contributed by atoms with van der Waals surface area (Å²) in [6.07, 6.45) is 0.733. The molecule has 1 aliphatic rings. The van der Waals surface area contributed by atoms with Crippen molar-refractivity contribution in [3.05, 3.63) is 66.2 Å². The number of carbonyl (C=O) groups is 2. The Morgan fingerprint density at radius 2 is 1.70 bits per heavy atom. The molecule has 1 heterocycles. The SMILES string of the molecule is CCCOC(=O)c1ccc(NC(=O)CN2c3cccc4cccc(c34)S2(=O)=O)cc1. The number of amides is 1. The lowest BCUT2D eigenvalue weighted by Crippen LogP contribution is -2.35. The average molecular weight is 424 g/mol. The van der Waals surface area contributed by atoms with Crippen LogP contribution in [0.2, 0.25) is 0 Å². The van der Waals surface area contributed by atoms with E-state index >= 15 is 0 Å². The Kier molecular flexibility index (Phi) is 5.17. The van der Waals surface area contributed by atoms with Gasteiger partial charge in [0.25, 0.3) is 10.0 Å². The summed E-state index contributed by atoms with van der Waals surface area (Å²) in [5, 5.41) is 4.11. The van der Waals surface area contributed by atoms with Crippen molar-refractivity contribution in [1.29, 1.82) is 0 Å². The zero-order valence-corrected chi connectivity index (χ0v) is 17.1. The Morgan fingerprint density at radius 3 is 2.40 bits per heavy atom. The molecule has 0 spiro atoms. The fourth-order valence-corrected chi connectivity index (χ4v) is 5.09. The molecular weight excluding hydrogens is 404 g/mol. The molecule has 0 aliphatic carbocycles. The van der Waals surface area contributed by atoms with E-state index in [-0.39, 0.29) is 11.4 Å². The highest BCUT2D eigenvalue weighted by Crippen LogP contribution is 2.41. The van der Waals surface area contributed by atoms with Crippen molar-refractivity contribution in [3.63, 3.8) is 0 Å². The first-order valence-corrected chi connectivity index (χ1v) is 11.0. The monoisotopic (exact) mass is 424 g/mol. The fourth-order valence-electron chi connectivity index (χ4n) is 3.43. The Morgan fingerprint density at radius 1 is 1.00 bits per heavy atom. The lowest BCUT2D eigenvalue weighted by Gasteiger charge is -2.18. The van der Waals surface area contributed by atoms with Crippen LogP contribution < -0.4 is 9.62 Å². The van der Waals surface area contributed by atoms with E-state index in [2.05, 4.69) is 5.32 Å². The van der Waals surface area contributed by atoms with Crippen molar-refractivity contribution in [1.82, 2.24) is 0 Å². The maximum Gasteiger partial charge on any atom is 0.338 e. The van der Waals surface area contributed by atoms with Crippen molar-refractivity contribution >= 4 is 44.0 Å². The van der Waals surface area contributed by atoms with E-state index in [1.54, 1.807) is 48.5 Å². The van der Waals surface area contributed by atoms with Gasteiger partial charge in [-0.15, -0.1) is 0 Å². The highest BCUT2D eigenvalue weighted by Gasteiger charge is 2.36. The Bertz CT molecular complexity index is 1230. The molecule has 0 radical (unpaired) electrons. The van der Waals surface area contributed by atoms with Crippen LogP contribution in [0, 0.1) is 0 Å². The first-order chi connectivity index (χ1) is 14.4. The number of anilines is 2. The van der Waals surface area contributed by atoms with Crippen molar-refractivity contribution in [2.75, 3.05) is 22.8 Å². The summed E-state index contributed by atoms with van der Waals surface area (Å²) in [6, 6.07) is 16.6. The first-order valence-electron chi connectivity index (χ1n) is 9.53. The van der Waals surface area contributed by atoms with Crippen LogP contribution >= 0.6 is 0 Å². The van der Waals surface area contributed by atoms with E-state index in [4.69, 9.17) is 4.74 Å². The third kappa shape index (κ3) is 3.50. The van der Waals surface area contributed by atoms with Crippen LogP contribution in [0.4, 0.5) is 11.4 Å².